The van der Waals surface area contributed by atoms with E-state index in [1.54, 1.807) is 6.33 Å². The average Bonchev–Trinajstić information content (AvgIpc) is 3.64. The molecule has 0 unspecified atom stereocenters. The minimum atomic E-state index is -0.125. The predicted octanol–water partition coefficient (Wildman–Crippen LogP) is 1.85. The van der Waals surface area contributed by atoms with E-state index in [1.165, 1.54) is 0 Å². The molecule has 2 saturated heterocycles. The number of hydrogen-bond donors (Lipinski definition) is 3. The number of nitriles is 1. The summed E-state index contributed by atoms with van der Waals surface area (Å²) < 4.78 is 1.91. The van der Waals surface area contributed by atoms with Crippen LogP contribution in [0.5, 0.6) is 0 Å². The number of hydrogen-bond acceptors (Lipinski definition) is 7. The Morgan fingerprint density at radius 2 is 2.17 bits per heavy atom. The van der Waals surface area contributed by atoms with Crippen molar-refractivity contribution in [2.24, 2.45) is 5.92 Å². The third-order valence-corrected chi connectivity index (χ3v) is 7.07. The monoisotopic (exact) mass is 468 g/mol. The Hall–Kier alpha value is -4.23. The maximum absolute atomic E-state index is 12.4. The van der Waals surface area contributed by atoms with Crippen LogP contribution < -0.4 is 10.2 Å². The number of nitrogens with zero attached hydrogens (tertiary/aromatic N) is 6. The molecule has 2 atom stereocenters. The van der Waals surface area contributed by atoms with Crippen molar-refractivity contribution in [1.82, 2.24) is 30.0 Å². The Bertz CT molecular complexity index is 1500. The van der Waals surface area contributed by atoms with Crippen LogP contribution in [0.4, 0.5) is 5.69 Å². The van der Waals surface area contributed by atoms with Gasteiger partial charge in [0.05, 0.1) is 22.3 Å². The van der Waals surface area contributed by atoms with Crippen LogP contribution in [-0.2, 0) is 11.2 Å². The van der Waals surface area contributed by atoms with Crippen molar-refractivity contribution in [1.29, 1.82) is 5.26 Å². The fourth-order valence-corrected chi connectivity index (χ4v) is 5.36. The molecule has 3 aromatic heterocycles. The largest absolute Gasteiger partial charge is 0.396 e. The first-order valence-corrected chi connectivity index (χ1v) is 11.7. The van der Waals surface area contributed by atoms with Crippen molar-refractivity contribution in [3.05, 3.63) is 53.6 Å². The molecule has 0 bridgehead atoms. The van der Waals surface area contributed by atoms with Gasteiger partial charge in [-0.3, -0.25) is 14.5 Å². The summed E-state index contributed by atoms with van der Waals surface area (Å²) >= 11 is 0. The Labute approximate surface area is 201 Å². The molecule has 0 saturated carbocycles. The number of carbonyl (C=O) groups excluding carboxylic acids is 1. The molecule has 10 heteroatoms. The molecular formula is C25H24N8O2. The van der Waals surface area contributed by atoms with Gasteiger partial charge in [-0.15, -0.1) is 0 Å². The van der Waals surface area contributed by atoms with Crippen molar-refractivity contribution in [2.75, 3.05) is 24.6 Å². The molecule has 0 aliphatic carbocycles. The number of aromatic amines is 1. The average molecular weight is 469 g/mol. The number of amides is 1. The second-order valence-electron chi connectivity index (χ2n) is 9.05. The van der Waals surface area contributed by atoms with E-state index in [-0.39, 0.29) is 24.2 Å². The quantitative estimate of drug-likeness (QED) is 0.407. The van der Waals surface area contributed by atoms with Gasteiger partial charge >= 0.3 is 0 Å². The number of H-pyrrole nitrogens is 1. The topological polar surface area (TPSA) is 136 Å². The number of aliphatic hydroxyl groups is 1. The number of aromatic nitrogens is 5. The summed E-state index contributed by atoms with van der Waals surface area (Å²) in [7, 11) is 0. The molecule has 2 aliphatic rings. The number of benzene rings is 1. The van der Waals surface area contributed by atoms with Crippen molar-refractivity contribution < 1.29 is 9.90 Å². The van der Waals surface area contributed by atoms with Gasteiger partial charge in [-0.1, -0.05) is 6.07 Å². The lowest BCUT2D eigenvalue weighted by molar-refractivity contribution is -0.120. The lowest BCUT2D eigenvalue weighted by Crippen LogP contribution is -2.38. The number of aryl methyl sites for hydroxylation is 1. The highest BCUT2D eigenvalue weighted by Crippen LogP contribution is 2.35. The van der Waals surface area contributed by atoms with Gasteiger partial charge in [-0.2, -0.15) is 10.4 Å². The third-order valence-electron chi connectivity index (χ3n) is 7.07. The molecule has 1 aromatic carbocycles. The highest BCUT2D eigenvalue weighted by molar-refractivity contribution is 5.90. The first kappa shape index (κ1) is 21.3. The van der Waals surface area contributed by atoms with Crippen LogP contribution in [0.15, 0.2) is 36.7 Å². The summed E-state index contributed by atoms with van der Waals surface area (Å²) in [5.41, 5.74) is 5.77. The van der Waals surface area contributed by atoms with E-state index in [1.807, 2.05) is 35.8 Å². The SMILES string of the molecule is Cc1[nH]nc(C#N)c1-c1nc(-n2cnc3ccc(N4CC[C@H]5CNC(=O)[C@H]54)cc32)ccc1CCO. The van der Waals surface area contributed by atoms with Gasteiger partial charge in [-0.25, -0.2) is 9.97 Å². The number of nitrogens with one attached hydrogen (secondary N) is 2. The molecule has 0 spiro atoms. The zero-order chi connectivity index (χ0) is 24.1. The number of pyridine rings is 1. The summed E-state index contributed by atoms with van der Waals surface area (Å²) in [6.07, 6.45) is 3.13. The molecule has 5 heterocycles. The van der Waals surface area contributed by atoms with E-state index in [2.05, 4.69) is 37.5 Å². The molecule has 35 heavy (non-hydrogen) atoms. The van der Waals surface area contributed by atoms with Crippen LogP contribution in [0.25, 0.3) is 28.1 Å². The molecule has 0 radical (unpaired) electrons. The van der Waals surface area contributed by atoms with Gasteiger partial charge in [0.25, 0.3) is 0 Å². The van der Waals surface area contributed by atoms with Gasteiger partial charge < -0.3 is 15.3 Å². The van der Waals surface area contributed by atoms with Gasteiger partial charge in [0, 0.05) is 37.0 Å². The van der Waals surface area contributed by atoms with Gasteiger partial charge in [0.15, 0.2) is 5.69 Å². The van der Waals surface area contributed by atoms with Crippen LogP contribution in [0.2, 0.25) is 0 Å². The van der Waals surface area contributed by atoms with Crippen LogP contribution in [0.3, 0.4) is 0 Å². The molecule has 2 aliphatic heterocycles. The normalized spacial score (nSPS) is 19.2. The van der Waals surface area contributed by atoms with Gasteiger partial charge in [0.2, 0.25) is 5.91 Å². The molecule has 3 N–H and O–H groups in total. The van der Waals surface area contributed by atoms with Crippen LogP contribution in [0, 0.1) is 24.2 Å². The molecule has 176 valence electrons. The van der Waals surface area contributed by atoms with Gasteiger partial charge in [0.1, 0.15) is 24.3 Å². The summed E-state index contributed by atoms with van der Waals surface area (Å²) in [6.45, 7) is 3.40. The maximum atomic E-state index is 12.4. The van der Waals surface area contributed by atoms with E-state index in [9.17, 15) is 15.2 Å². The highest BCUT2D eigenvalue weighted by Gasteiger charge is 2.43. The number of aliphatic hydroxyl groups excluding tert-OH is 1. The van der Waals surface area contributed by atoms with E-state index >= 15 is 0 Å². The Kier molecular flexibility index (Phi) is 5.00. The van der Waals surface area contributed by atoms with Crippen molar-refractivity contribution in [3.63, 3.8) is 0 Å². The molecule has 6 rings (SSSR count). The molecular weight excluding hydrogens is 444 g/mol. The lowest BCUT2D eigenvalue weighted by atomic mass is 10.0. The molecule has 4 aromatic rings. The summed E-state index contributed by atoms with van der Waals surface area (Å²) in [6, 6.07) is 11.9. The Morgan fingerprint density at radius 1 is 1.29 bits per heavy atom. The standard InChI is InChI=1S/C25H24N8O2/c1-14-22(19(11-26)31-30-14)23-15(7-9-34)2-5-21(29-23)33-13-28-18-4-3-17(10-20(18)33)32-8-6-16-12-27-25(35)24(16)32/h2-5,10,13,16,24,34H,6-9,12H2,1H3,(H,27,35)(H,30,31)/t16-,24-/m0/s1. The zero-order valence-electron chi connectivity index (χ0n) is 19.2. The van der Waals surface area contributed by atoms with Crippen LogP contribution >= 0.6 is 0 Å². The second kappa shape index (κ2) is 8.21. The number of fused-ring (bicyclic) bond motifs is 2. The zero-order valence-corrected chi connectivity index (χ0v) is 19.2. The Balaban J connectivity index is 1.46. The summed E-state index contributed by atoms with van der Waals surface area (Å²) in [5.74, 6) is 1.08. The summed E-state index contributed by atoms with van der Waals surface area (Å²) in [5, 5.41) is 29.1. The van der Waals surface area contributed by atoms with Crippen molar-refractivity contribution in [2.45, 2.75) is 25.8 Å². The minimum absolute atomic E-state index is 0.0320. The maximum Gasteiger partial charge on any atom is 0.243 e. The number of anilines is 1. The molecule has 10 nitrogen and oxygen atoms in total. The second-order valence-corrected chi connectivity index (χ2v) is 9.05. The minimum Gasteiger partial charge on any atom is -0.396 e. The number of rotatable bonds is 5. The molecule has 2 fully saturated rings. The van der Waals surface area contributed by atoms with Gasteiger partial charge in [-0.05, 0) is 49.6 Å². The number of imidazole rings is 1. The van der Waals surface area contributed by atoms with E-state index in [0.29, 0.717) is 29.4 Å². The highest BCUT2D eigenvalue weighted by atomic mass is 16.3. The fourth-order valence-electron chi connectivity index (χ4n) is 5.36. The fraction of sp³-hybridized carbons (Fsp3) is 0.320. The van der Waals surface area contributed by atoms with E-state index in [0.717, 1.165) is 47.5 Å². The lowest BCUT2D eigenvalue weighted by Gasteiger charge is -2.24. The summed E-state index contributed by atoms with van der Waals surface area (Å²) in [4.78, 5) is 24.1. The van der Waals surface area contributed by atoms with Crippen molar-refractivity contribution >= 4 is 22.6 Å². The van der Waals surface area contributed by atoms with Crippen LogP contribution in [0.1, 0.15) is 23.4 Å². The van der Waals surface area contributed by atoms with Crippen LogP contribution in [-0.4, -0.2) is 61.5 Å². The first-order chi connectivity index (χ1) is 17.1. The predicted molar refractivity (Wildman–Crippen MR) is 129 cm³/mol. The molecule has 1 amide bonds. The van der Waals surface area contributed by atoms with E-state index < -0.39 is 0 Å². The first-order valence-electron chi connectivity index (χ1n) is 11.7. The van der Waals surface area contributed by atoms with E-state index in [4.69, 9.17) is 4.98 Å². The number of carbonyl (C=O) groups is 1. The van der Waals surface area contributed by atoms with Crippen molar-refractivity contribution in [3.8, 4) is 23.1 Å². The third kappa shape index (κ3) is 3.35. The smallest absolute Gasteiger partial charge is 0.243 e. The Morgan fingerprint density at radius 3 is 3.00 bits per heavy atom.